The van der Waals surface area contributed by atoms with Crippen LogP contribution in [0.15, 0.2) is 60.8 Å². The van der Waals surface area contributed by atoms with Crippen LogP contribution in [0.25, 0.3) is 5.69 Å². The third-order valence-corrected chi connectivity index (χ3v) is 5.39. The maximum Gasteiger partial charge on any atom is 0.278 e. The first-order valence-corrected chi connectivity index (χ1v) is 10.0. The standard InChI is InChI=1S/C23H26N4O2/c1-17(2)18-7-6-10-20(15-18)27-16-21(28)22(24-27)23(29)26-13-11-25(12-14-26)19-8-4-3-5-9-19/h3-10,15-17,28H,11-14H2,1-2H3. The summed E-state index contributed by atoms with van der Waals surface area (Å²) in [6.07, 6.45) is 1.51. The molecular formula is C23H26N4O2. The quantitative estimate of drug-likeness (QED) is 0.738. The maximum atomic E-state index is 13.0. The topological polar surface area (TPSA) is 61.6 Å². The lowest BCUT2D eigenvalue weighted by Gasteiger charge is -2.35. The molecule has 6 nitrogen and oxygen atoms in total. The first-order chi connectivity index (χ1) is 14.0. The van der Waals surface area contributed by atoms with Crippen molar-refractivity contribution in [1.29, 1.82) is 0 Å². The molecule has 1 amide bonds. The average Bonchev–Trinajstić information content (AvgIpc) is 3.15. The van der Waals surface area contributed by atoms with Gasteiger partial charge in [0.05, 0.1) is 11.9 Å². The van der Waals surface area contributed by atoms with Crippen LogP contribution in [0.2, 0.25) is 0 Å². The summed E-state index contributed by atoms with van der Waals surface area (Å²) in [7, 11) is 0. The molecule has 1 aromatic heterocycles. The Kier molecular flexibility index (Phi) is 5.25. The zero-order chi connectivity index (χ0) is 20.4. The average molecular weight is 390 g/mol. The molecule has 0 spiro atoms. The van der Waals surface area contributed by atoms with Crippen molar-refractivity contribution in [2.75, 3.05) is 31.1 Å². The molecule has 0 aliphatic carbocycles. The van der Waals surface area contributed by atoms with E-state index in [0.717, 1.165) is 24.5 Å². The summed E-state index contributed by atoms with van der Waals surface area (Å²) in [6.45, 7) is 6.97. The van der Waals surface area contributed by atoms with Gasteiger partial charge in [0.15, 0.2) is 11.4 Å². The molecule has 6 heteroatoms. The van der Waals surface area contributed by atoms with Crippen LogP contribution >= 0.6 is 0 Å². The number of aromatic hydroxyl groups is 1. The van der Waals surface area contributed by atoms with E-state index < -0.39 is 0 Å². The summed E-state index contributed by atoms with van der Waals surface area (Å²) in [5.41, 5.74) is 3.28. The highest BCUT2D eigenvalue weighted by Gasteiger charge is 2.26. The van der Waals surface area contributed by atoms with Gasteiger partial charge < -0.3 is 14.9 Å². The van der Waals surface area contributed by atoms with Crippen LogP contribution in [-0.4, -0.2) is 51.9 Å². The summed E-state index contributed by atoms with van der Waals surface area (Å²) in [4.78, 5) is 17.0. The summed E-state index contributed by atoms with van der Waals surface area (Å²) >= 11 is 0. The van der Waals surface area contributed by atoms with Crippen LogP contribution in [0.5, 0.6) is 5.75 Å². The number of carbonyl (C=O) groups is 1. The number of nitrogens with zero attached hydrogens (tertiary/aromatic N) is 4. The van der Waals surface area contributed by atoms with Crippen molar-refractivity contribution >= 4 is 11.6 Å². The molecule has 1 aliphatic heterocycles. The SMILES string of the molecule is CC(C)c1cccc(-n2cc(O)c(C(=O)N3CCN(c4ccccc4)CC3)n2)c1. The van der Waals surface area contributed by atoms with E-state index in [0.29, 0.717) is 19.0 Å². The van der Waals surface area contributed by atoms with Crippen LogP contribution in [0, 0.1) is 0 Å². The van der Waals surface area contributed by atoms with E-state index in [4.69, 9.17) is 0 Å². The molecule has 4 rings (SSSR count). The summed E-state index contributed by atoms with van der Waals surface area (Å²) in [6, 6.07) is 18.2. The third kappa shape index (κ3) is 3.97. The lowest BCUT2D eigenvalue weighted by atomic mass is 10.0. The number of aromatic nitrogens is 2. The van der Waals surface area contributed by atoms with Crippen molar-refractivity contribution in [3.8, 4) is 11.4 Å². The molecule has 150 valence electrons. The highest BCUT2D eigenvalue weighted by Crippen LogP contribution is 2.23. The summed E-state index contributed by atoms with van der Waals surface area (Å²) in [5.74, 6) is 0.0746. The van der Waals surface area contributed by atoms with Gasteiger partial charge in [-0.3, -0.25) is 4.79 Å². The van der Waals surface area contributed by atoms with Crippen LogP contribution in [0.3, 0.4) is 0 Å². The molecule has 1 saturated heterocycles. The van der Waals surface area contributed by atoms with Gasteiger partial charge in [-0.1, -0.05) is 44.2 Å². The number of carbonyl (C=O) groups excluding carboxylic acids is 1. The minimum Gasteiger partial charge on any atom is -0.504 e. The highest BCUT2D eigenvalue weighted by molar-refractivity contribution is 5.95. The monoisotopic (exact) mass is 390 g/mol. The lowest BCUT2D eigenvalue weighted by Crippen LogP contribution is -2.48. The predicted octanol–water partition coefficient (Wildman–Crippen LogP) is 3.66. The number of piperazine rings is 1. The van der Waals surface area contributed by atoms with E-state index in [1.54, 1.807) is 9.58 Å². The fourth-order valence-electron chi connectivity index (χ4n) is 3.63. The normalized spacial score (nSPS) is 14.4. The molecule has 2 heterocycles. The minimum atomic E-state index is -0.228. The Morgan fingerprint density at radius 3 is 2.34 bits per heavy atom. The van der Waals surface area contributed by atoms with Crippen molar-refractivity contribution in [2.24, 2.45) is 0 Å². The number of anilines is 1. The fourth-order valence-corrected chi connectivity index (χ4v) is 3.63. The zero-order valence-corrected chi connectivity index (χ0v) is 16.8. The Labute approximate surface area is 171 Å². The van der Waals surface area contributed by atoms with Gasteiger partial charge in [0, 0.05) is 31.9 Å². The van der Waals surface area contributed by atoms with Gasteiger partial charge in [0.25, 0.3) is 5.91 Å². The molecule has 0 atom stereocenters. The van der Waals surface area contributed by atoms with Crippen molar-refractivity contribution in [3.63, 3.8) is 0 Å². The smallest absolute Gasteiger partial charge is 0.278 e. The highest BCUT2D eigenvalue weighted by atomic mass is 16.3. The molecule has 29 heavy (non-hydrogen) atoms. The molecule has 2 aromatic carbocycles. The molecular weight excluding hydrogens is 364 g/mol. The van der Waals surface area contributed by atoms with Crippen molar-refractivity contribution in [3.05, 3.63) is 72.1 Å². The Morgan fingerprint density at radius 1 is 0.966 bits per heavy atom. The second-order valence-corrected chi connectivity index (χ2v) is 7.67. The van der Waals surface area contributed by atoms with Gasteiger partial charge >= 0.3 is 0 Å². The van der Waals surface area contributed by atoms with Gasteiger partial charge in [-0.2, -0.15) is 5.10 Å². The number of rotatable bonds is 4. The predicted molar refractivity (Wildman–Crippen MR) is 114 cm³/mol. The van der Waals surface area contributed by atoms with Gasteiger partial charge in [-0.25, -0.2) is 4.68 Å². The summed E-state index contributed by atoms with van der Waals surface area (Å²) < 4.78 is 1.58. The Hall–Kier alpha value is -3.28. The Balaban J connectivity index is 1.48. The molecule has 0 radical (unpaired) electrons. The second-order valence-electron chi connectivity index (χ2n) is 7.67. The lowest BCUT2D eigenvalue weighted by molar-refractivity contribution is 0.0737. The van der Waals surface area contributed by atoms with E-state index in [-0.39, 0.29) is 17.4 Å². The maximum absolute atomic E-state index is 13.0. The molecule has 0 unspecified atom stereocenters. The number of benzene rings is 2. The van der Waals surface area contributed by atoms with Crippen LogP contribution in [0.4, 0.5) is 5.69 Å². The number of amides is 1. The first kappa shape index (κ1) is 19.1. The Bertz CT molecular complexity index is 989. The number of hydrogen-bond donors (Lipinski definition) is 1. The van der Waals surface area contributed by atoms with E-state index >= 15 is 0 Å². The van der Waals surface area contributed by atoms with E-state index in [9.17, 15) is 9.90 Å². The van der Waals surface area contributed by atoms with Crippen molar-refractivity contribution in [2.45, 2.75) is 19.8 Å². The van der Waals surface area contributed by atoms with Gasteiger partial charge in [-0.05, 0) is 35.7 Å². The molecule has 1 N–H and O–H groups in total. The van der Waals surface area contributed by atoms with Gasteiger partial charge in [-0.15, -0.1) is 0 Å². The van der Waals surface area contributed by atoms with Gasteiger partial charge in [0.2, 0.25) is 0 Å². The number of para-hydroxylation sites is 1. The van der Waals surface area contributed by atoms with Crippen LogP contribution < -0.4 is 4.90 Å². The molecule has 3 aromatic rings. The minimum absolute atomic E-state index is 0.0876. The molecule has 0 bridgehead atoms. The largest absolute Gasteiger partial charge is 0.504 e. The molecule has 1 aliphatic rings. The van der Waals surface area contributed by atoms with Crippen molar-refractivity contribution in [1.82, 2.24) is 14.7 Å². The third-order valence-electron chi connectivity index (χ3n) is 5.39. The summed E-state index contributed by atoms with van der Waals surface area (Å²) in [5, 5.41) is 14.8. The van der Waals surface area contributed by atoms with E-state index in [1.807, 2.05) is 36.4 Å². The first-order valence-electron chi connectivity index (χ1n) is 10.0. The number of hydrogen-bond acceptors (Lipinski definition) is 4. The molecule has 1 fully saturated rings. The van der Waals surface area contributed by atoms with Crippen LogP contribution in [-0.2, 0) is 0 Å². The zero-order valence-electron chi connectivity index (χ0n) is 16.8. The van der Waals surface area contributed by atoms with E-state index in [1.165, 1.54) is 11.8 Å². The molecule has 0 saturated carbocycles. The van der Waals surface area contributed by atoms with Crippen molar-refractivity contribution < 1.29 is 9.90 Å². The Morgan fingerprint density at radius 2 is 1.66 bits per heavy atom. The fraction of sp³-hybridized carbons (Fsp3) is 0.304. The second kappa shape index (κ2) is 7.99. The van der Waals surface area contributed by atoms with Crippen LogP contribution in [0.1, 0.15) is 35.8 Å². The van der Waals surface area contributed by atoms with E-state index in [2.05, 4.69) is 42.0 Å². The van der Waals surface area contributed by atoms with Gasteiger partial charge in [0.1, 0.15) is 0 Å².